The summed E-state index contributed by atoms with van der Waals surface area (Å²) in [4.78, 5) is 34.1. The maximum Gasteiger partial charge on any atom is 0.341 e. The van der Waals surface area contributed by atoms with Gasteiger partial charge in [-0.05, 0) is 31.4 Å². The molecule has 0 aromatic heterocycles. The van der Waals surface area contributed by atoms with E-state index in [1.165, 1.54) is 30.8 Å². The van der Waals surface area contributed by atoms with E-state index < -0.39 is 16.7 Å². The monoisotopic (exact) mass is 295 g/mol. The molecule has 0 atom stereocenters. The summed E-state index contributed by atoms with van der Waals surface area (Å²) in [6, 6.07) is 4.49. The Labute approximate surface area is 120 Å². The summed E-state index contributed by atoms with van der Waals surface area (Å²) in [5, 5.41) is 11.0. The third-order valence-corrected chi connectivity index (χ3v) is 3.24. The summed E-state index contributed by atoms with van der Waals surface area (Å²) in [5.74, 6) is -1.33. The molecule has 0 aliphatic heterocycles. The molecule has 0 N–H and O–H groups in total. The van der Waals surface area contributed by atoms with Gasteiger partial charge in [0.2, 0.25) is 0 Å². The molecule has 1 rings (SSSR count). The van der Waals surface area contributed by atoms with Crippen LogP contribution in [0.5, 0.6) is 0 Å². The fraction of sp³-hybridized carbons (Fsp3) is 0.231. The van der Waals surface area contributed by atoms with Gasteiger partial charge >= 0.3 is 5.97 Å². The lowest BCUT2D eigenvalue weighted by molar-refractivity contribution is -0.385. The molecule has 0 saturated heterocycles. The number of hydrogen-bond donors (Lipinski definition) is 0. The number of esters is 1. The Balaban J connectivity index is 3.45. The smallest absolute Gasteiger partial charge is 0.341 e. The van der Waals surface area contributed by atoms with Crippen LogP contribution < -0.4 is 0 Å². The molecule has 1 aromatic carbocycles. The average molecular weight is 295 g/mol. The standard InChI is InChI=1S/C13H13NO5S/c1-8(15)11(13(16)19-2)7-9-6-10(20-3)4-5-12(9)14(17)18/h4-7H,1-3H3. The largest absolute Gasteiger partial charge is 0.465 e. The van der Waals surface area contributed by atoms with Crippen LogP contribution in [0, 0.1) is 10.1 Å². The molecule has 0 bridgehead atoms. The van der Waals surface area contributed by atoms with Gasteiger partial charge in [-0.2, -0.15) is 0 Å². The summed E-state index contributed by atoms with van der Waals surface area (Å²) in [5.41, 5.74) is -0.211. The van der Waals surface area contributed by atoms with Gasteiger partial charge in [-0.25, -0.2) is 4.79 Å². The van der Waals surface area contributed by atoms with Crippen LogP contribution in [-0.4, -0.2) is 30.0 Å². The van der Waals surface area contributed by atoms with Crippen LogP contribution in [0.2, 0.25) is 0 Å². The van der Waals surface area contributed by atoms with Gasteiger partial charge in [0.25, 0.3) is 5.69 Å². The molecule has 6 nitrogen and oxygen atoms in total. The first-order valence-corrected chi connectivity index (χ1v) is 6.76. The number of ketones is 1. The van der Waals surface area contributed by atoms with Crippen molar-refractivity contribution in [2.45, 2.75) is 11.8 Å². The van der Waals surface area contributed by atoms with Crippen LogP contribution in [0.1, 0.15) is 12.5 Å². The predicted molar refractivity (Wildman–Crippen MR) is 75.6 cm³/mol. The van der Waals surface area contributed by atoms with Crippen LogP contribution >= 0.6 is 11.8 Å². The zero-order chi connectivity index (χ0) is 15.3. The van der Waals surface area contributed by atoms with Crippen LogP contribution in [0.15, 0.2) is 28.7 Å². The minimum absolute atomic E-state index is 0.176. The molecular weight excluding hydrogens is 282 g/mol. The molecule has 106 valence electrons. The molecule has 0 heterocycles. The number of nitrogens with zero attached hydrogens (tertiary/aromatic N) is 1. The second-order valence-electron chi connectivity index (χ2n) is 3.79. The molecule has 0 aliphatic carbocycles. The Bertz CT molecular complexity index is 594. The zero-order valence-electron chi connectivity index (χ0n) is 11.2. The lowest BCUT2D eigenvalue weighted by Crippen LogP contribution is -2.11. The summed E-state index contributed by atoms with van der Waals surface area (Å²) < 4.78 is 4.50. The van der Waals surface area contributed by atoms with Gasteiger partial charge in [0.1, 0.15) is 5.57 Å². The molecule has 0 radical (unpaired) electrons. The quantitative estimate of drug-likeness (QED) is 0.158. The summed E-state index contributed by atoms with van der Waals surface area (Å²) in [7, 11) is 1.14. The van der Waals surface area contributed by atoms with Crippen molar-refractivity contribution >= 4 is 35.3 Å². The van der Waals surface area contributed by atoms with Gasteiger partial charge in [-0.3, -0.25) is 14.9 Å². The van der Waals surface area contributed by atoms with Gasteiger partial charge < -0.3 is 4.74 Å². The van der Waals surface area contributed by atoms with E-state index in [0.717, 1.165) is 12.0 Å². The van der Waals surface area contributed by atoms with Gasteiger partial charge in [0, 0.05) is 11.0 Å². The molecule has 0 amide bonds. The number of hydrogen-bond acceptors (Lipinski definition) is 6. The SMILES string of the molecule is COC(=O)C(=Cc1cc(SC)ccc1[N+](=O)[O-])C(C)=O. The predicted octanol–water partition coefficient (Wildman–Crippen LogP) is 2.46. The van der Waals surface area contributed by atoms with E-state index in [2.05, 4.69) is 4.74 Å². The molecule has 0 fully saturated rings. The molecular formula is C13H13NO5S. The number of methoxy groups -OCH3 is 1. The topological polar surface area (TPSA) is 86.5 Å². The highest BCUT2D eigenvalue weighted by molar-refractivity contribution is 7.98. The summed E-state index contributed by atoms with van der Waals surface area (Å²) >= 11 is 1.40. The van der Waals surface area contributed by atoms with Gasteiger partial charge in [-0.1, -0.05) is 0 Å². The fourth-order valence-corrected chi connectivity index (χ4v) is 1.96. The van der Waals surface area contributed by atoms with Crippen LogP contribution in [0.25, 0.3) is 6.08 Å². The van der Waals surface area contributed by atoms with E-state index in [-0.39, 0.29) is 16.8 Å². The average Bonchev–Trinajstić information content (AvgIpc) is 2.42. The van der Waals surface area contributed by atoms with Crippen LogP contribution in [0.4, 0.5) is 5.69 Å². The van der Waals surface area contributed by atoms with Crippen molar-refractivity contribution in [3.63, 3.8) is 0 Å². The molecule has 7 heteroatoms. The normalized spacial score (nSPS) is 11.1. The number of carbonyl (C=O) groups is 2. The van der Waals surface area contributed by atoms with Crippen molar-refractivity contribution in [1.82, 2.24) is 0 Å². The third kappa shape index (κ3) is 3.67. The van der Waals surface area contributed by atoms with Crippen molar-refractivity contribution in [3.05, 3.63) is 39.4 Å². The van der Waals surface area contributed by atoms with Crippen molar-refractivity contribution in [3.8, 4) is 0 Å². The Kier molecular flexibility index (Phi) is 5.45. The van der Waals surface area contributed by atoms with E-state index >= 15 is 0 Å². The fourth-order valence-electron chi connectivity index (χ4n) is 1.51. The highest BCUT2D eigenvalue weighted by Gasteiger charge is 2.19. The Hall–Kier alpha value is -2.15. The first-order valence-electron chi connectivity index (χ1n) is 5.54. The van der Waals surface area contributed by atoms with Crippen molar-refractivity contribution < 1.29 is 19.2 Å². The van der Waals surface area contributed by atoms with Gasteiger partial charge in [0.05, 0.1) is 17.6 Å². The highest BCUT2D eigenvalue weighted by atomic mass is 32.2. The van der Waals surface area contributed by atoms with Gasteiger partial charge in [-0.15, -0.1) is 11.8 Å². The summed E-state index contributed by atoms with van der Waals surface area (Å²) in [6.07, 6.45) is 3.01. The Morgan fingerprint density at radius 1 is 1.40 bits per heavy atom. The number of ether oxygens (including phenoxy) is 1. The number of nitro groups is 1. The minimum Gasteiger partial charge on any atom is -0.465 e. The molecule has 0 saturated carbocycles. The molecule has 1 aromatic rings. The number of Topliss-reactive ketones (excluding diaryl/α,β-unsaturated/α-hetero) is 1. The number of nitro benzene ring substituents is 1. The Morgan fingerprint density at radius 3 is 2.50 bits per heavy atom. The lowest BCUT2D eigenvalue weighted by Gasteiger charge is -2.04. The first kappa shape index (κ1) is 15.9. The minimum atomic E-state index is -0.818. The van der Waals surface area contributed by atoms with Gasteiger partial charge in [0.15, 0.2) is 5.78 Å². The highest BCUT2D eigenvalue weighted by Crippen LogP contribution is 2.27. The third-order valence-electron chi connectivity index (χ3n) is 2.52. The number of benzene rings is 1. The second-order valence-corrected chi connectivity index (χ2v) is 4.67. The maximum atomic E-state index is 11.5. The van der Waals surface area contributed by atoms with Crippen molar-refractivity contribution in [2.24, 2.45) is 0 Å². The molecule has 0 spiro atoms. The van der Waals surface area contributed by atoms with Crippen molar-refractivity contribution in [2.75, 3.05) is 13.4 Å². The molecule has 0 aliphatic rings. The van der Waals surface area contributed by atoms with E-state index in [0.29, 0.717) is 0 Å². The second kappa shape index (κ2) is 6.85. The van der Waals surface area contributed by atoms with E-state index in [9.17, 15) is 19.7 Å². The summed E-state index contributed by atoms with van der Waals surface area (Å²) in [6.45, 7) is 1.20. The zero-order valence-corrected chi connectivity index (χ0v) is 12.0. The maximum absolute atomic E-state index is 11.5. The molecule has 20 heavy (non-hydrogen) atoms. The Morgan fingerprint density at radius 2 is 2.05 bits per heavy atom. The van der Waals surface area contributed by atoms with E-state index in [1.54, 1.807) is 12.1 Å². The molecule has 0 unspecified atom stereocenters. The van der Waals surface area contributed by atoms with Crippen molar-refractivity contribution in [1.29, 1.82) is 0 Å². The lowest BCUT2D eigenvalue weighted by atomic mass is 10.1. The van der Waals surface area contributed by atoms with Crippen LogP contribution in [0.3, 0.4) is 0 Å². The van der Waals surface area contributed by atoms with E-state index in [4.69, 9.17) is 0 Å². The number of rotatable bonds is 5. The number of thioether (sulfide) groups is 1. The number of carbonyl (C=O) groups excluding carboxylic acids is 2. The first-order chi connectivity index (χ1) is 9.40. The van der Waals surface area contributed by atoms with E-state index in [1.807, 2.05) is 6.26 Å². The van der Waals surface area contributed by atoms with Crippen LogP contribution in [-0.2, 0) is 14.3 Å².